The second-order valence-electron chi connectivity index (χ2n) is 9.29. The molecule has 2 aliphatic rings. The number of carbonyl (C=O) groups is 2. The van der Waals surface area contributed by atoms with Crippen LogP contribution >= 0.6 is 11.8 Å². The number of fused-ring (bicyclic) bond motifs is 1. The minimum atomic E-state index is -1.99. The van der Waals surface area contributed by atoms with Crippen molar-refractivity contribution < 1.29 is 18.8 Å². The predicted molar refractivity (Wildman–Crippen MR) is 111 cm³/mol. The van der Waals surface area contributed by atoms with Crippen molar-refractivity contribution in [2.24, 2.45) is 17.6 Å². The number of β-lactam (4-membered cyclic amide) rings is 1. The first-order valence-electron chi connectivity index (χ1n) is 9.59. The summed E-state index contributed by atoms with van der Waals surface area (Å²) >= 11 is 1.50. The van der Waals surface area contributed by atoms with Gasteiger partial charge in [-0.15, -0.1) is 11.8 Å². The number of carbonyl (C=O) groups excluding carboxylic acids is 2. The van der Waals surface area contributed by atoms with Crippen LogP contribution in [0.15, 0.2) is 10.6 Å². The van der Waals surface area contributed by atoms with E-state index in [9.17, 15) is 9.59 Å². The summed E-state index contributed by atoms with van der Waals surface area (Å²) in [5, 5.41) is -0.0549. The normalized spacial score (nSPS) is 24.2. The maximum Gasteiger partial charge on any atom is 0.355 e. The number of ether oxygens (including phenoxy) is 1. The van der Waals surface area contributed by atoms with Gasteiger partial charge in [0.2, 0.25) is 5.91 Å². The third-order valence-electron chi connectivity index (χ3n) is 5.57. The van der Waals surface area contributed by atoms with Gasteiger partial charge in [0.25, 0.3) is 0 Å². The topological polar surface area (TPSA) is 81.9 Å². The van der Waals surface area contributed by atoms with Gasteiger partial charge in [-0.2, -0.15) is 0 Å². The molecule has 27 heavy (non-hydrogen) atoms. The molecule has 2 heterocycles. The van der Waals surface area contributed by atoms with Crippen molar-refractivity contribution in [1.29, 1.82) is 0 Å². The fourth-order valence-corrected chi connectivity index (χ4v) is 5.91. The van der Waals surface area contributed by atoms with E-state index >= 15 is 0 Å². The number of amides is 1. The largest absolute Gasteiger partial charge is 0.461 e. The molecule has 154 valence electrons. The summed E-state index contributed by atoms with van der Waals surface area (Å²) in [7, 11) is -1.99. The summed E-state index contributed by atoms with van der Waals surface area (Å²) in [6.45, 7) is 17.4. The molecule has 0 aromatic carbocycles. The van der Waals surface area contributed by atoms with Gasteiger partial charge in [0.05, 0.1) is 18.6 Å². The minimum absolute atomic E-state index is 0.0707. The summed E-state index contributed by atoms with van der Waals surface area (Å²) in [6.07, 6.45) is -0.197. The van der Waals surface area contributed by atoms with E-state index in [2.05, 4.69) is 33.9 Å². The van der Waals surface area contributed by atoms with Crippen molar-refractivity contribution in [1.82, 2.24) is 4.90 Å². The van der Waals surface area contributed by atoms with E-state index in [4.69, 9.17) is 14.9 Å². The quantitative estimate of drug-likeness (QED) is 0.391. The lowest BCUT2D eigenvalue weighted by Gasteiger charge is -2.48. The maximum atomic E-state index is 12.9. The van der Waals surface area contributed by atoms with Crippen LogP contribution in [0, 0.1) is 11.8 Å². The first-order chi connectivity index (χ1) is 12.3. The van der Waals surface area contributed by atoms with Gasteiger partial charge in [-0.25, -0.2) is 4.79 Å². The maximum absolute atomic E-state index is 12.9. The van der Waals surface area contributed by atoms with Crippen LogP contribution in [-0.2, 0) is 18.8 Å². The van der Waals surface area contributed by atoms with Crippen molar-refractivity contribution in [3.8, 4) is 0 Å². The Bertz CT molecular complexity index is 642. The van der Waals surface area contributed by atoms with E-state index < -0.39 is 14.3 Å². The molecule has 1 saturated heterocycles. The smallest absolute Gasteiger partial charge is 0.355 e. The van der Waals surface area contributed by atoms with Crippen LogP contribution < -0.4 is 5.73 Å². The molecule has 6 nitrogen and oxygen atoms in total. The Morgan fingerprint density at radius 1 is 1.30 bits per heavy atom. The molecule has 2 N–H and O–H groups in total. The third kappa shape index (κ3) is 4.28. The fraction of sp³-hybridized carbons (Fsp3) is 0.789. The second-order valence-corrected chi connectivity index (χ2v) is 15.3. The highest BCUT2D eigenvalue weighted by molar-refractivity contribution is 8.04. The second kappa shape index (κ2) is 7.89. The van der Waals surface area contributed by atoms with Gasteiger partial charge in [-0.05, 0) is 31.0 Å². The van der Waals surface area contributed by atoms with Gasteiger partial charge in [0.15, 0.2) is 8.32 Å². The van der Waals surface area contributed by atoms with Gasteiger partial charge in [-0.3, -0.25) is 9.69 Å². The Balaban J connectivity index is 2.13. The van der Waals surface area contributed by atoms with E-state index in [0.717, 1.165) is 4.91 Å². The van der Waals surface area contributed by atoms with E-state index in [-0.39, 0.29) is 40.8 Å². The Morgan fingerprint density at radius 2 is 1.89 bits per heavy atom. The lowest BCUT2D eigenvalue weighted by atomic mass is 9.92. The molecule has 0 bridgehead atoms. The van der Waals surface area contributed by atoms with Gasteiger partial charge in [-0.1, -0.05) is 34.6 Å². The number of rotatable bonds is 7. The lowest BCUT2D eigenvalue weighted by molar-refractivity contribution is -0.158. The molecule has 1 amide bonds. The highest BCUT2D eigenvalue weighted by Crippen LogP contribution is 2.51. The molecule has 3 atom stereocenters. The Labute approximate surface area is 168 Å². The molecular weight excluding hydrogens is 380 g/mol. The van der Waals surface area contributed by atoms with Crippen LogP contribution in [0.4, 0.5) is 0 Å². The van der Waals surface area contributed by atoms with Crippen molar-refractivity contribution in [2.45, 2.75) is 71.2 Å². The van der Waals surface area contributed by atoms with Crippen LogP contribution in [0.1, 0.15) is 41.5 Å². The number of nitrogens with zero attached hydrogens (tertiary/aromatic N) is 1. The average molecular weight is 415 g/mol. The van der Waals surface area contributed by atoms with E-state index in [0.29, 0.717) is 12.3 Å². The summed E-state index contributed by atoms with van der Waals surface area (Å²) in [4.78, 5) is 27.7. The molecule has 0 aliphatic carbocycles. The predicted octanol–water partition coefficient (Wildman–Crippen LogP) is 3.30. The molecule has 1 unspecified atom stereocenters. The molecule has 0 saturated carbocycles. The number of hydrogen-bond acceptors (Lipinski definition) is 6. The van der Waals surface area contributed by atoms with Crippen molar-refractivity contribution in [3.63, 3.8) is 0 Å². The zero-order valence-corrected chi connectivity index (χ0v) is 19.6. The Kier molecular flexibility index (Phi) is 6.56. The highest BCUT2D eigenvalue weighted by Gasteiger charge is 2.59. The zero-order chi connectivity index (χ0) is 20.7. The van der Waals surface area contributed by atoms with Crippen molar-refractivity contribution in [2.75, 3.05) is 13.2 Å². The fourth-order valence-electron chi connectivity index (χ4n) is 3.00. The van der Waals surface area contributed by atoms with Crippen molar-refractivity contribution in [3.05, 3.63) is 10.6 Å². The molecule has 2 rings (SSSR count). The van der Waals surface area contributed by atoms with Gasteiger partial charge in [0.1, 0.15) is 11.1 Å². The Hall–Kier alpha value is -0.833. The zero-order valence-electron chi connectivity index (χ0n) is 17.8. The van der Waals surface area contributed by atoms with Crippen LogP contribution in [-0.4, -0.2) is 49.7 Å². The minimum Gasteiger partial charge on any atom is -0.461 e. The van der Waals surface area contributed by atoms with Crippen LogP contribution in [0.2, 0.25) is 18.1 Å². The first kappa shape index (κ1) is 22.5. The first-order valence-corrected chi connectivity index (χ1v) is 13.4. The van der Waals surface area contributed by atoms with Crippen LogP contribution in [0.25, 0.3) is 0 Å². The molecule has 0 aromatic rings. The summed E-state index contributed by atoms with van der Waals surface area (Å²) in [5.74, 6) is -0.553. The third-order valence-corrected chi connectivity index (χ3v) is 11.5. The molecule has 8 heteroatoms. The van der Waals surface area contributed by atoms with Gasteiger partial charge in [0, 0.05) is 11.4 Å². The van der Waals surface area contributed by atoms with E-state index in [1.807, 2.05) is 20.8 Å². The molecule has 1 fully saturated rings. The molecule has 0 aromatic heterocycles. The van der Waals surface area contributed by atoms with Gasteiger partial charge >= 0.3 is 5.97 Å². The standard InChI is InChI=1S/C19H34N2O4SSi/c1-11(2)10-24-18(23)15-13(9-20)26-17-14(16(22)21(15)17)12(3)25-27(7,8)19(4,5)6/h11-12,14,17H,9-10,20H2,1-8H3/t12-,14+,17?/m1/s1. The van der Waals surface area contributed by atoms with Crippen molar-refractivity contribution >= 4 is 32.0 Å². The molecule has 2 aliphatic heterocycles. The number of nitrogens with two attached hydrogens (primary N) is 1. The summed E-state index contributed by atoms with van der Waals surface area (Å²) in [5.41, 5.74) is 6.17. The van der Waals surface area contributed by atoms with Crippen LogP contribution in [0.5, 0.6) is 0 Å². The Morgan fingerprint density at radius 3 is 2.37 bits per heavy atom. The monoisotopic (exact) mass is 414 g/mol. The molecule has 0 radical (unpaired) electrons. The highest BCUT2D eigenvalue weighted by atomic mass is 32.2. The number of esters is 1. The SMILES string of the molecule is CC(C)COC(=O)C1=C(CN)SC2[C@@H]([C@@H](C)O[Si](C)(C)C(C)(C)C)C(=O)N12. The average Bonchev–Trinajstić information content (AvgIpc) is 2.85. The molecular formula is C19H34N2O4SSi. The van der Waals surface area contributed by atoms with Gasteiger partial charge < -0.3 is 14.9 Å². The van der Waals surface area contributed by atoms with Crippen LogP contribution in [0.3, 0.4) is 0 Å². The van der Waals surface area contributed by atoms with E-state index in [1.165, 1.54) is 11.8 Å². The van der Waals surface area contributed by atoms with E-state index in [1.54, 1.807) is 4.90 Å². The summed E-state index contributed by atoms with van der Waals surface area (Å²) in [6, 6.07) is 0. The lowest BCUT2D eigenvalue weighted by Crippen LogP contribution is -2.62. The summed E-state index contributed by atoms with van der Waals surface area (Å²) < 4.78 is 11.8. The molecule has 0 spiro atoms. The number of hydrogen-bond donors (Lipinski definition) is 1. The number of thioether (sulfide) groups is 1.